The van der Waals surface area contributed by atoms with Crippen LogP contribution in [0.3, 0.4) is 0 Å². The number of carbonyl (C=O) groups excluding carboxylic acids is 1. The molecular formula is C10H7ClN2O. The molecule has 0 fully saturated rings. The lowest BCUT2D eigenvalue weighted by atomic mass is 10.2. The number of carbonyl (C=O) groups is 1. The average molecular weight is 207 g/mol. The summed E-state index contributed by atoms with van der Waals surface area (Å²) >= 11 is 5.45. The Kier molecular flexibility index (Phi) is 2.33. The van der Waals surface area contributed by atoms with E-state index in [9.17, 15) is 4.79 Å². The van der Waals surface area contributed by atoms with Gasteiger partial charge in [-0.1, -0.05) is 12.1 Å². The lowest BCUT2D eigenvalue weighted by molar-refractivity contribution is 0.108. The van der Waals surface area contributed by atoms with Crippen molar-refractivity contribution in [2.24, 2.45) is 0 Å². The van der Waals surface area contributed by atoms with E-state index in [2.05, 4.69) is 5.10 Å². The first-order valence-electron chi connectivity index (χ1n) is 4.08. The van der Waals surface area contributed by atoms with Crippen molar-refractivity contribution in [2.75, 3.05) is 0 Å². The Hall–Kier alpha value is -1.61. The third-order valence-corrected chi connectivity index (χ3v) is 2.07. The molecule has 0 aliphatic heterocycles. The molecule has 0 atom stereocenters. The van der Waals surface area contributed by atoms with E-state index in [1.165, 1.54) is 0 Å². The SMILES string of the molecule is O=C(Cl)c1ccccc1-n1cccn1. The monoisotopic (exact) mass is 206 g/mol. The largest absolute Gasteiger partial charge is 0.276 e. The van der Waals surface area contributed by atoms with Crippen LogP contribution in [-0.4, -0.2) is 15.0 Å². The summed E-state index contributed by atoms with van der Waals surface area (Å²) in [4.78, 5) is 11.1. The first-order chi connectivity index (χ1) is 6.79. The number of aromatic nitrogens is 2. The summed E-state index contributed by atoms with van der Waals surface area (Å²) in [7, 11) is 0. The smallest absolute Gasteiger partial charge is 0.254 e. The zero-order valence-corrected chi connectivity index (χ0v) is 7.98. The third kappa shape index (κ3) is 1.54. The molecule has 0 aliphatic rings. The van der Waals surface area contributed by atoms with Crippen LogP contribution >= 0.6 is 11.6 Å². The molecule has 0 saturated carbocycles. The van der Waals surface area contributed by atoms with Crippen LogP contribution in [0.5, 0.6) is 0 Å². The Morgan fingerprint density at radius 2 is 2.07 bits per heavy atom. The quantitative estimate of drug-likeness (QED) is 0.707. The summed E-state index contributed by atoms with van der Waals surface area (Å²) in [5, 5.41) is 3.56. The van der Waals surface area contributed by atoms with Gasteiger partial charge in [-0.3, -0.25) is 4.79 Å². The molecule has 1 aromatic carbocycles. The summed E-state index contributed by atoms with van der Waals surface area (Å²) in [5.41, 5.74) is 1.15. The van der Waals surface area contributed by atoms with E-state index >= 15 is 0 Å². The highest BCUT2D eigenvalue weighted by Gasteiger charge is 2.08. The van der Waals surface area contributed by atoms with Crippen molar-refractivity contribution in [2.45, 2.75) is 0 Å². The van der Waals surface area contributed by atoms with Crippen molar-refractivity contribution in [3.8, 4) is 5.69 Å². The summed E-state index contributed by atoms with van der Waals surface area (Å²) in [6.07, 6.45) is 3.41. The van der Waals surface area contributed by atoms with Gasteiger partial charge in [0.1, 0.15) is 0 Å². The van der Waals surface area contributed by atoms with Gasteiger partial charge in [0.2, 0.25) is 0 Å². The molecule has 2 aromatic rings. The molecule has 0 unspecified atom stereocenters. The van der Waals surface area contributed by atoms with Crippen molar-refractivity contribution in [3.63, 3.8) is 0 Å². The molecule has 0 radical (unpaired) electrons. The van der Waals surface area contributed by atoms with Crippen molar-refractivity contribution < 1.29 is 4.79 Å². The lowest BCUT2D eigenvalue weighted by Gasteiger charge is -2.04. The van der Waals surface area contributed by atoms with E-state index in [1.54, 1.807) is 41.3 Å². The molecule has 2 rings (SSSR count). The van der Waals surface area contributed by atoms with Crippen LogP contribution in [0.15, 0.2) is 42.7 Å². The molecule has 14 heavy (non-hydrogen) atoms. The van der Waals surface area contributed by atoms with Gasteiger partial charge in [-0.15, -0.1) is 0 Å². The molecular weight excluding hydrogens is 200 g/mol. The Balaban J connectivity index is 2.58. The number of halogens is 1. The van der Waals surface area contributed by atoms with Crippen LogP contribution in [0, 0.1) is 0 Å². The summed E-state index contributed by atoms with van der Waals surface area (Å²) in [6.45, 7) is 0. The van der Waals surface area contributed by atoms with Gasteiger partial charge >= 0.3 is 0 Å². The Morgan fingerprint density at radius 3 is 2.71 bits per heavy atom. The van der Waals surface area contributed by atoms with E-state index in [-0.39, 0.29) is 0 Å². The number of nitrogens with zero attached hydrogens (tertiary/aromatic N) is 2. The molecule has 1 aromatic heterocycles. The maximum Gasteiger partial charge on any atom is 0.254 e. The average Bonchev–Trinajstić information content (AvgIpc) is 2.70. The lowest BCUT2D eigenvalue weighted by Crippen LogP contribution is -2.01. The number of benzene rings is 1. The van der Waals surface area contributed by atoms with Crippen LogP contribution in [0.4, 0.5) is 0 Å². The molecule has 0 spiro atoms. The van der Waals surface area contributed by atoms with Gasteiger partial charge < -0.3 is 0 Å². The van der Waals surface area contributed by atoms with Crippen LogP contribution < -0.4 is 0 Å². The van der Waals surface area contributed by atoms with Crippen LogP contribution in [0.2, 0.25) is 0 Å². The summed E-state index contributed by atoms with van der Waals surface area (Å²) in [6, 6.07) is 8.85. The minimum atomic E-state index is -0.476. The molecule has 3 nitrogen and oxygen atoms in total. The van der Waals surface area contributed by atoms with E-state index in [0.29, 0.717) is 11.3 Å². The van der Waals surface area contributed by atoms with Crippen molar-refractivity contribution >= 4 is 16.8 Å². The normalized spacial score (nSPS) is 10.1. The second-order valence-electron chi connectivity index (χ2n) is 2.74. The molecule has 70 valence electrons. The predicted molar refractivity (Wildman–Crippen MR) is 53.7 cm³/mol. The van der Waals surface area contributed by atoms with Crippen molar-refractivity contribution in [3.05, 3.63) is 48.3 Å². The Labute approximate surface area is 85.9 Å². The number of para-hydroxylation sites is 1. The van der Waals surface area contributed by atoms with Gasteiger partial charge in [-0.2, -0.15) is 5.10 Å². The fourth-order valence-corrected chi connectivity index (χ4v) is 1.41. The number of hydrogen-bond donors (Lipinski definition) is 0. The molecule has 0 amide bonds. The Bertz CT molecular complexity index is 451. The van der Waals surface area contributed by atoms with Gasteiger partial charge in [0.25, 0.3) is 5.24 Å². The molecule has 0 aliphatic carbocycles. The van der Waals surface area contributed by atoms with E-state index in [4.69, 9.17) is 11.6 Å². The maximum atomic E-state index is 11.1. The standard InChI is InChI=1S/C10H7ClN2O/c11-10(14)8-4-1-2-5-9(8)13-7-3-6-12-13/h1-7H. The van der Waals surface area contributed by atoms with Gasteiger partial charge in [0.05, 0.1) is 11.3 Å². The number of hydrogen-bond acceptors (Lipinski definition) is 2. The highest BCUT2D eigenvalue weighted by atomic mass is 35.5. The van der Waals surface area contributed by atoms with Gasteiger partial charge in [-0.25, -0.2) is 4.68 Å². The second kappa shape index (κ2) is 3.64. The van der Waals surface area contributed by atoms with Crippen molar-refractivity contribution in [1.29, 1.82) is 0 Å². The van der Waals surface area contributed by atoms with Gasteiger partial charge in [0.15, 0.2) is 0 Å². The van der Waals surface area contributed by atoms with Crippen LogP contribution in [-0.2, 0) is 0 Å². The summed E-state index contributed by atoms with van der Waals surface area (Å²) in [5.74, 6) is 0. The van der Waals surface area contributed by atoms with E-state index < -0.39 is 5.24 Å². The van der Waals surface area contributed by atoms with Gasteiger partial charge in [0, 0.05) is 12.4 Å². The fraction of sp³-hybridized carbons (Fsp3) is 0. The topological polar surface area (TPSA) is 34.9 Å². The predicted octanol–water partition coefficient (Wildman–Crippen LogP) is 2.25. The second-order valence-corrected chi connectivity index (χ2v) is 3.08. The first-order valence-corrected chi connectivity index (χ1v) is 4.46. The fourth-order valence-electron chi connectivity index (χ4n) is 1.25. The Morgan fingerprint density at radius 1 is 1.29 bits per heavy atom. The van der Waals surface area contributed by atoms with Crippen molar-refractivity contribution in [1.82, 2.24) is 9.78 Å². The van der Waals surface area contributed by atoms with Gasteiger partial charge in [-0.05, 0) is 29.8 Å². The van der Waals surface area contributed by atoms with Crippen LogP contribution in [0.25, 0.3) is 5.69 Å². The minimum Gasteiger partial charge on any atom is -0.276 e. The third-order valence-electron chi connectivity index (χ3n) is 1.87. The molecule has 0 bridgehead atoms. The van der Waals surface area contributed by atoms with E-state index in [1.807, 2.05) is 6.07 Å². The maximum absolute atomic E-state index is 11.1. The molecule has 0 saturated heterocycles. The minimum absolute atomic E-state index is 0.456. The molecule has 1 heterocycles. The zero-order valence-electron chi connectivity index (χ0n) is 7.22. The molecule has 4 heteroatoms. The summed E-state index contributed by atoms with van der Waals surface area (Å²) < 4.78 is 1.61. The molecule has 0 N–H and O–H groups in total. The zero-order chi connectivity index (χ0) is 9.97. The number of rotatable bonds is 2. The highest BCUT2D eigenvalue weighted by Crippen LogP contribution is 2.15. The highest BCUT2D eigenvalue weighted by molar-refractivity contribution is 6.68. The van der Waals surface area contributed by atoms with E-state index in [0.717, 1.165) is 0 Å². The van der Waals surface area contributed by atoms with Crippen LogP contribution in [0.1, 0.15) is 10.4 Å². The first kappa shape index (κ1) is 8.97.